The van der Waals surface area contributed by atoms with E-state index in [0.29, 0.717) is 13.1 Å². The van der Waals surface area contributed by atoms with Gasteiger partial charge in [-0.25, -0.2) is 4.98 Å². The summed E-state index contributed by atoms with van der Waals surface area (Å²) in [6, 6.07) is 8.15. The van der Waals surface area contributed by atoms with Crippen LogP contribution in [-0.4, -0.2) is 39.4 Å². The Labute approximate surface area is 169 Å². The van der Waals surface area contributed by atoms with Crippen molar-refractivity contribution in [1.29, 1.82) is 0 Å². The first kappa shape index (κ1) is 19.0. The van der Waals surface area contributed by atoms with Crippen molar-refractivity contribution >= 4 is 22.2 Å². The highest BCUT2D eigenvalue weighted by atomic mass is 32.1. The quantitative estimate of drug-likeness (QED) is 0.662. The van der Waals surface area contributed by atoms with Crippen LogP contribution in [0.3, 0.4) is 0 Å². The molecule has 0 spiro atoms. The lowest BCUT2D eigenvalue weighted by atomic mass is 10.1. The monoisotopic (exact) mass is 398 g/mol. The number of carbonyl (C=O) groups is 1. The molecule has 1 aliphatic heterocycles. The molecule has 0 saturated carbocycles. The van der Waals surface area contributed by atoms with E-state index in [4.69, 9.17) is 4.74 Å². The third-order valence-electron chi connectivity index (χ3n) is 4.98. The van der Waals surface area contributed by atoms with Gasteiger partial charge in [0.15, 0.2) is 4.96 Å². The summed E-state index contributed by atoms with van der Waals surface area (Å²) < 4.78 is 8.22. The molecule has 1 aliphatic rings. The van der Waals surface area contributed by atoms with Gasteiger partial charge >= 0.3 is 0 Å². The number of carbonyl (C=O) groups excluding carboxylic acids is 1. The normalized spacial score (nSPS) is 17.1. The first-order valence-corrected chi connectivity index (χ1v) is 10.7. The average molecular weight is 399 g/mol. The molecule has 1 aromatic carbocycles. The molecule has 2 aromatic heterocycles. The maximum absolute atomic E-state index is 12.6. The molecule has 148 valence electrons. The van der Waals surface area contributed by atoms with E-state index in [1.165, 1.54) is 0 Å². The van der Waals surface area contributed by atoms with E-state index in [2.05, 4.69) is 28.2 Å². The second-order valence-electron chi connectivity index (χ2n) is 7.26. The second kappa shape index (κ2) is 8.75. The van der Waals surface area contributed by atoms with Gasteiger partial charge in [0.05, 0.1) is 18.8 Å². The van der Waals surface area contributed by atoms with E-state index in [1.807, 2.05) is 40.4 Å². The van der Waals surface area contributed by atoms with Crippen molar-refractivity contribution in [2.45, 2.75) is 45.4 Å². The summed E-state index contributed by atoms with van der Waals surface area (Å²) in [4.78, 5) is 20.2. The summed E-state index contributed by atoms with van der Waals surface area (Å²) in [7, 11) is 0. The summed E-state index contributed by atoms with van der Waals surface area (Å²) in [5.74, 6) is 0.967. The number of hydrogen-bond acceptors (Lipinski definition) is 5. The molecule has 1 amide bonds. The van der Waals surface area contributed by atoms with Gasteiger partial charge in [-0.3, -0.25) is 14.1 Å². The highest BCUT2D eigenvalue weighted by Gasteiger charge is 2.24. The number of nitrogens with one attached hydrogen (secondary N) is 1. The third-order valence-corrected chi connectivity index (χ3v) is 5.75. The van der Waals surface area contributed by atoms with Gasteiger partial charge in [0.25, 0.3) is 0 Å². The van der Waals surface area contributed by atoms with Gasteiger partial charge < -0.3 is 10.1 Å². The number of nitrogens with zero attached hydrogens (tertiary/aromatic N) is 3. The molecule has 4 rings (SSSR count). The lowest BCUT2D eigenvalue weighted by Crippen LogP contribution is -2.40. The van der Waals surface area contributed by atoms with E-state index in [0.717, 1.165) is 54.3 Å². The van der Waals surface area contributed by atoms with Crippen molar-refractivity contribution in [2.24, 2.45) is 0 Å². The van der Waals surface area contributed by atoms with Crippen LogP contribution >= 0.6 is 11.3 Å². The highest BCUT2D eigenvalue weighted by Crippen LogP contribution is 2.26. The van der Waals surface area contributed by atoms with Gasteiger partial charge in [-0.15, -0.1) is 11.3 Å². The first-order chi connectivity index (χ1) is 13.7. The van der Waals surface area contributed by atoms with Crippen molar-refractivity contribution in [1.82, 2.24) is 19.6 Å². The topological polar surface area (TPSA) is 58.9 Å². The lowest BCUT2D eigenvalue weighted by molar-refractivity contribution is -0.122. The molecular formula is C21H26N4O2S. The number of fused-ring (bicyclic) bond motifs is 2. The molecule has 1 N–H and O–H groups in total. The average Bonchev–Trinajstić information content (AvgIpc) is 3.22. The van der Waals surface area contributed by atoms with Crippen LogP contribution in [0.2, 0.25) is 0 Å². The number of hydrogen-bond donors (Lipinski definition) is 1. The largest absolute Gasteiger partial charge is 0.489 e. The highest BCUT2D eigenvalue weighted by molar-refractivity contribution is 7.15. The maximum Gasteiger partial charge on any atom is 0.234 e. The Kier molecular flexibility index (Phi) is 5.92. The molecule has 6 nitrogen and oxygen atoms in total. The fourth-order valence-corrected chi connectivity index (χ4v) is 4.29. The van der Waals surface area contributed by atoms with Crippen LogP contribution in [0.15, 0.2) is 42.0 Å². The van der Waals surface area contributed by atoms with Gasteiger partial charge in [0, 0.05) is 36.4 Å². The maximum atomic E-state index is 12.6. The van der Waals surface area contributed by atoms with Crippen LogP contribution in [0.1, 0.15) is 37.4 Å². The van der Waals surface area contributed by atoms with Crippen molar-refractivity contribution in [3.63, 3.8) is 0 Å². The van der Waals surface area contributed by atoms with Crippen LogP contribution in [0.5, 0.6) is 5.75 Å². The fourth-order valence-electron chi connectivity index (χ4n) is 3.57. The van der Waals surface area contributed by atoms with E-state index >= 15 is 0 Å². The van der Waals surface area contributed by atoms with Crippen LogP contribution in [0, 0.1) is 0 Å². The van der Waals surface area contributed by atoms with Crippen LogP contribution < -0.4 is 10.1 Å². The summed E-state index contributed by atoms with van der Waals surface area (Å²) in [6.45, 7) is 4.50. The fraction of sp³-hybridized carbons (Fsp3) is 0.429. The van der Waals surface area contributed by atoms with Crippen molar-refractivity contribution in [2.75, 3.05) is 13.1 Å². The van der Waals surface area contributed by atoms with Crippen LogP contribution in [0.4, 0.5) is 0 Å². The van der Waals surface area contributed by atoms with Gasteiger partial charge in [-0.05, 0) is 18.9 Å². The summed E-state index contributed by atoms with van der Waals surface area (Å²) in [6.07, 6.45) is 7.34. The Bertz CT molecular complexity index is 907. The van der Waals surface area contributed by atoms with Gasteiger partial charge in [0.1, 0.15) is 11.9 Å². The number of thiazole rings is 1. The number of amides is 1. The van der Waals surface area contributed by atoms with Crippen molar-refractivity contribution in [3.05, 3.63) is 53.3 Å². The molecule has 0 bridgehead atoms. The zero-order valence-electron chi connectivity index (χ0n) is 16.1. The Hall–Kier alpha value is -2.38. The molecular weight excluding hydrogens is 372 g/mol. The smallest absolute Gasteiger partial charge is 0.234 e. The molecule has 1 atom stereocenters. The standard InChI is InChI=1S/C21H26N4O2S/c1-2-3-7-18-14-24(12-16-6-4-5-8-19(16)27-18)15-20(26)22-11-17-13-25-9-10-28-21(25)23-17/h4-6,8-10,13,18H,2-3,7,11-12,14-15H2,1H3,(H,22,26). The minimum Gasteiger partial charge on any atom is -0.489 e. The summed E-state index contributed by atoms with van der Waals surface area (Å²) >= 11 is 1.59. The molecule has 3 aromatic rings. The third kappa shape index (κ3) is 4.54. The number of aromatic nitrogens is 2. The lowest BCUT2D eigenvalue weighted by Gasteiger charge is -2.23. The first-order valence-electron chi connectivity index (χ1n) is 9.86. The van der Waals surface area contributed by atoms with E-state index in [9.17, 15) is 4.79 Å². The molecule has 28 heavy (non-hydrogen) atoms. The predicted molar refractivity (Wildman–Crippen MR) is 111 cm³/mol. The number of ether oxygens (including phenoxy) is 1. The predicted octanol–water partition coefficient (Wildman–Crippen LogP) is 3.47. The van der Waals surface area contributed by atoms with Gasteiger partial charge in [-0.2, -0.15) is 0 Å². The number of para-hydroxylation sites is 1. The summed E-state index contributed by atoms with van der Waals surface area (Å²) in [5, 5.41) is 5.01. The van der Waals surface area contributed by atoms with Crippen molar-refractivity contribution < 1.29 is 9.53 Å². The van der Waals surface area contributed by atoms with E-state index < -0.39 is 0 Å². The van der Waals surface area contributed by atoms with Crippen LogP contribution in [-0.2, 0) is 17.9 Å². The molecule has 0 saturated heterocycles. The van der Waals surface area contributed by atoms with Crippen molar-refractivity contribution in [3.8, 4) is 5.75 Å². The Morgan fingerprint density at radius 1 is 1.39 bits per heavy atom. The number of rotatable bonds is 7. The zero-order valence-corrected chi connectivity index (χ0v) is 17.0. The van der Waals surface area contributed by atoms with Gasteiger partial charge in [0.2, 0.25) is 5.91 Å². The van der Waals surface area contributed by atoms with E-state index in [1.54, 1.807) is 11.3 Å². The molecule has 1 unspecified atom stereocenters. The molecule has 0 radical (unpaired) electrons. The Morgan fingerprint density at radius 3 is 3.14 bits per heavy atom. The van der Waals surface area contributed by atoms with E-state index in [-0.39, 0.29) is 12.0 Å². The summed E-state index contributed by atoms with van der Waals surface area (Å²) in [5.41, 5.74) is 2.02. The molecule has 0 aliphatic carbocycles. The Balaban J connectivity index is 1.37. The number of unbranched alkanes of at least 4 members (excludes halogenated alkanes) is 1. The van der Waals surface area contributed by atoms with Crippen LogP contribution in [0.25, 0.3) is 4.96 Å². The zero-order chi connectivity index (χ0) is 19.3. The SMILES string of the molecule is CCCCC1CN(CC(=O)NCc2cn3ccsc3n2)Cc2ccccc2O1. The number of benzene rings is 1. The Morgan fingerprint density at radius 2 is 2.29 bits per heavy atom. The number of imidazole rings is 1. The molecule has 0 fully saturated rings. The van der Waals surface area contributed by atoms with Gasteiger partial charge in [-0.1, -0.05) is 31.5 Å². The second-order valence-corrected chi connectivity index (χ2v) is 8.13. The molecule has 3 heterocycles. The minimum absolute atomic E-state index is 0.0185. The minimum atomic E-state index is 0.0185. The molecule has 7 heteroatoms.